The summed E-state index contributed by atoms with van der Waals surface area (Å²) in [6.45, 7) is 13.2. The van der Waals surface area contributed by atoms with Crippen molar-refractivity contribution in [2.45, 2.75) is 83.8 Å². The third-order valence-electron chi connectivity index (χ3n) is 8.67. The van der Waals surface area contributed by atoms with Crippen molar-refractivity contribution in [2.75, 3.05) is 26.3 Å². The second-order valence-corrected chi connectivity index (χ2v) is 10.3. The fourth-order valence-electron chi connectivity index (χ4n) is 6.67. The van der Waals surface area contributed by atoms with Crippen molar-refractivity contribution in [3.8, 4) is 0 Å². The van der Waals surface area contributed by atoms with E-state index in [0.29, 0.717) is 11.5 Å². The average Bonchev–Trinajstić information content (AvgIpc) is 3.05. The molecule has 0 aromatic carbocycles. The number of rotatable bonds is 4. The molecule has 0 spiro atoms. The maximum atomic E-state index is 10.1. The molecule has 1 N–H and O–H groups in total. The molecule has 1 saturated heterocycles. The molecule has 3 heteroatoms. The molecular weight excluding hydrogens is 358 g/mol. The van der Waals surface area contributed by atoms with E-state index in [1.807, 2.05) is 0 Å². The van der Waals surface area contributed by atoms with Crippen molar-refractivity contribution in [2.24, 2.45) is 17.3 Å². The lowest BCUT2D eigenvalue weighted by Crippen LogP contribution is -2.45. The zero-order valence-electron chi connectivity index (χ0n) is 18.7. The fourth-order valence-corrected chi connectivity index (χ4v) is 6.67. The summed E-state index contributed by atoms with van der Waals surface area (Å²) in [5, 5.41) is 10.1. The third kappa shape index (κ3) is 4.43. The summed E-state index contributed by atoms with van der Waals surface area (Å²) >= 11 is 0. The normalized spacial score (nSPS) is 41.8. The average molecular weight is 400 g/mol. The molecule has 5 atom stereocenters. The van der Waals surface area contributed by atoms with E-state index < -0.39 is 0 Å². The number of aliphatic hydroxyl groups excluding tert-OH is 1. The van der Waals surface area contributed by atoms with Gasteiger partial charge >= 0.3 is 0 Å². The summed E-state index contributed by atoms with van der Waals surface area (Å²) < 4.78 is 5.62. The van der Waals surface area contributed by atoms with Gasteiger partial charge in [0.2, 0.25) is 0 Å². The molecule has 3 saturated carbocycles. The summed E-state index contributed by atoms with van der Waals surface area (Å²) in [5.74, 6) is 1.60. The lowest BCUT2D eigenvalue weighted by Gasteiger charge is -2.43. The molecule has 0 amide bonds. The first-order valence-corrected chi connectivity index (χ1v) is 12.1. The number of ether oxygens (including phenoxy) is 1. The quantitative estimate of drug-likeness (QED) is 0.699. The van der Waals surface area contributed by atoms with E-state index in [1.54, 1.807) is 5.57 Å². The highest BCUT2D eigenvalue weighted by Crippen LogP contribution is 2.58. The predicted octanol–water partition coefficient (Wildman–Crippen LogP) is 5.27. The van der Waals surface area contributed by atoms with Crippen LogP contribution in [0.5, 0.6) is 0 Å². The van der Waals surface area contributed by atoms with E-state index >= 15 is 0 Å². The number of allylic oxidation sites excluding steroid dienone is 3. The number of hydrogen-bond acceptors (Lipinski definition) is 3. The Hall–Kier alpha value is -0.900. The number of fused-ring (bicyclic) bond motifs is 1. The SMILES string of the molecule is C=C1/C(=C\C=C2/CCCC3(C)C2CC[C@@H]3CCN2CCOCC2C)CCC[C@@H]1O. The van der Waals surface area contributed by atoms with Gasteiger partial charge in [0, 0.05) is 12.6 Å². The second kappa shape index (κ2) is 9.08. The van der Waals surface area contributed by atoms with E-state index in [2.05, 4.69) is 37.5 Å². The van der Waals surface area contributed by atoms with Crippen LogP contribution >= 0.6 is 0 Å². The Morgan fingerprint density at radius 2 is 2.07 bits per heavy atom. The molecule has 4 aliphatic rings. The molecule has 3 aliphatic carbocycles. The Labute approximate surface area is 177 Å². The molecule has 4 rings (SSSR count). The van der Waals surface area contributed by atoms with Gasteiger partial charge in [-0.25, -0.2) is 0 Å². The number of aliphatic hydroxyl groups is 1. The standard InChI is InChI=1S/C26H41NO2/c1-19-18-29-17-16-27(19)15-13-23-11-12-24-22(7-5-14-26(23,24)3)10-9-21-6-4-8-25(28)20(21)2/h9-10,19,23-25,28H,2,4-8,11-18H2,1,3H3/b21-9-,22-10+/t19?,23-,24?,25+,26?/m1/s1. The summed E-state index contributed by atoms with van der Waals surface area (Å²) in [7, 11) is 0. The number of nitrogens with zero attached hydrogens (tertiary/aromatic N) is 1. The summed E-state index contributed by atoms with van der Waals surface area (Å²) in [6.07, 6.45) is 15.5. The highest BCUT2D eigenvalue weighted by Gasteiger charge is 2.48. The Balaban J connectivity index is 1.42. The highest BCUT2D eigenvalue weighted by molar-refractivity contribution is 5.37. The molecule has 1 heterocycles. The molecular formula is C26H41NO2. The fraction of sp³-hybridized carbons (Fsp3) is 0.769. The van der Waals surface area contributed by atoms with Crippen molar-refractivity contribution < 1.29 is 9.84 Å². The summed E-state index contributed by atoms with van der Waals surface area (Å²) in [5.41, 5.74) is 4.37. The van der Waals surface area contributed by atoms with Gasteiger partial charge in [-0.05, 0) is 99.7 Å². The monoisotopic (exact) mass is 399 g/mol. The molecule has 4 fully saturated rings. The van der Waals surface area contributed by atoms with Gasteiger partial charge in [-0.3, -0.25) is 4.90 Å². The maximum absolute atomic E-state index is 10.1. The van der Waals surface area contributed by atoms with Crippen LogP contribution in [-0.2, 0) is 4.74 Å². The van der Waals surface area contributed by atoms with Crippen molar-refractivity contribution in [1.82, 2.24) is 4.90 Å². The maximum Gasteiger partial charge on any atom is 0.0787 e. The van der Waals surface area contributed by atoms with E-state index in [9.17, 15) is 5.11 Å². The van der Waals surface area contributed by atoms with Crippen molar-refractivity contribution >= 4 is 0 Å². The van der Waals surface area contributed by atoms with Crippen LogP contribution in [0.1, 0.15) is 71.6 Å². The van der Waals surface area contributed by atoms with Crippen LogP contribution in [0.2, 0.25) is 0 Å². The smallest absolute Gasteiger partial charge is 0.0787 e. The van der Waals surface area contributed by atoms with Crippen LogP contribution in [0.4, 0.5) is 0 Å². The van der Waals surface area contributed by atoms with Crippen LogP contribution in [-0.4, -0.2) is 48.5 Å². The molecule has 29 heavy (non-hydrogen) atoms. The van der Waals surface area contributed by atoms with Gasteiger partial charge in [0.15, 0.2) is 0 Å². The minimum atomic E-state index is -0.330. The van der Waals surface area contributed by atoms with Gasteiger partial charge < -0.3 is 9.84 Å². The Bertz CT molecular complexity index is 666. The lowest BCUT2D eigenvalue weighted by molar-refractivity contribution is -0.00616. The second-order valence-electron chi connectivity index (χ2n) is 10.3. The Kier molecular flexibility index (Phi) is 6.68. The van der Waals surface area contributed by atoms with Crippen LogP contribution in [0, 0.1) is 17.3 Å². The van der Waals surface area contributed by atoms with Crippen molar-refractivity contribution in [3.63, 3.8) is 0 Å². The molecule has 0 radical (unpaired) electrons. The summed E-state index contributed by atoms with van der Waals surface area (Å²) in [4.78, 5) is 2.64. The van der Waals surface area contributed by atoms with Gasteiger partial charge in [-0.1, -0.05) is 31.2 Å². The molecule has 3 unspecified atom stereocenters. The molecule has 0 aromatic rings. The van der Waals surface area contributed by atoms with Crippen LogP contribution in [0.3, 0.4) is 0 Å². The Morgan fingerprint density at radius 3 is 2.90 bits per heavy atom. The first-order chi connectivity index (χ1) is 14.0. The molecule has 3 nitrogen and oxygen atoms in total. The van der Waals surface area contributed by atoms with Gasteiger partial charge in [-0.15, -0.1) is 0 Å². The van der Waals surface area contributed by atoms with Crippen molar-refractivity contribution in [1.29, 1.82) is 0 Å². The predicted molar refractivity (Wildman–Crippen MR) is 120 cm³/mol. The molecule has 162 valence electrons. The van der Waals surface area contributed by atoms with Crippen LogP contribution in [0.25, 0.3) is 0 Å². The van der Waals surface area contributed by atoms with E-state index in [-0.39, 0.29) is 6.10 Å². The van der Waals surface area contributed by atoms with Crippen LogP contribution < -0.4 is 0 Å². The number of morpholine rings is 1. The zero-order valence-corrected chi connectivity index (χ0v) is 18.7. The largest absolute Gasteiger partial charge is 0.388 e. The first-order valence-electron chi connectivity index (χ1n) is 12.1. The zero-order chi connectivity index (χ0) is 20.4. The minimum absolute atomic E-state index is 0.330. The van der Waals surface area contributed by atoms with Gasteiger partial charge in [0.05, 0.1) is 19.3 Å². The van der Waals surface area contributed by atoms with E-state index in [0.717, 1.165) is 56.4 Å². The van der Waals surface area contributed by atoms with E-state index in [4.69, 9.17) is 4.74 Å². The summed E-state index contributed by atoms with van der Waals surface area (Å²) in [6, 6.07) is 0.570. The number of hydrogen-bond donors (Lipinski definition) is 1. The topological polar surface area (TPSA) is 32.7 Å². The van der Waals surface area contributed by atoms with Gasteiger partial charge in [0.1, 0.15) is 0 Å². The Morgan fingerprint density at radius 1 is 1.21 bits per heavy atom. The lowest BCUT2D eigenvalue weighted by atomic mass is 9.63. The minimum Gasteiger partial charge on any atom is -0.388 e. The highest BCUT2D eigenvalue weighted by atomic mass is 16.5. The molecule has 0 aromatic heterocycles. The van der Waals surface area contributed by atoms with Crippen molar-refractivity contribution in [3.05, 3.63) is 35.5 Å². The van der Waals surface area contributed by atoms with E-state index in [1.165, 1.54) is 50.6 Å². The molecule has 0 bridgehead atoms. The first kappa shape index (κ1) is 21.3. The van der Waals surface area contributed by atoms with Gasteiger partial charge in [-0.2, -0.15) is 0 Å². The molecule has 1 aliphatic heterocycles. The third-order valence-corrected chi connectivity index (χ3v) is 8.67. The van der Waals surface area contributed by atoms with Gasteiger partial charge in [0.25, 0.3) is 0 Å². The van der Waals surface area contributed by atoms with Crippen LogP contribution in [0.15, 0.2) is 35.5 Å².